The second-order valence-electron chi connectivity index (χ2n) is 6.98. The van der Waals surface area contributed by atoms with Crippen molar-refractivity contribution in [3.05, 3.63) is 22.8 Å². The van der Waals surface area contributed by atoms with E-state index in [4.69, 9.17) is 9.15 Å². The molecule has 0 unspecified atom stereocenters. The molecule has 0 N–H and O–H groups in total. The molecule has 0 aromatic carbocycles. The number of anilines is 1. The highest BCUT2D eigenvalue weighted by Gasteiger charge is 2.37. The van der Waals surface area contributed by atoms with Gasteiger partial charge in [0, 0.05) is 38.3 Å². The first-order chi connectivity index (χ1) is 13.6. The molecule has 1 aromatic heterocycles. The van der Waals surface area contributed by atoms with Gasteiger partial charge in [-0.25, -0.2) is 0 Å². The number of hydrogen-bond donors (Lipinski definition) is 0. The topological polar surface area (TPSA) is 83.3 Å². The van der Waals surface area contributed by atoms with Gasteiger partial charge in [0.25, 0.3) is 11.1 Å². The zero-order chi connectivity index (χ0) is 19.5. The highest BCUT2D eigenvalue weighted by Crippen LogP contribution is 2.33. The van der Waals surface area contributed by atoms with Crippen LogP contribution in [0.25, 0.3) is 6.08 Å². The van der Waals surface area contributed by atoms with Crippen LogP contribution in [0.3, 0.4) is 0 Å². The standard InChI is InChI=1S/C19H23N3O5S/c23-16(20-8-10-26-11-9-20)13-22-18(24)15(28-19(22)25)12-14-4-5-17(27-14)21-6-2-1-3-7-21/h4-5,12H,1-3,6-11,13H2/b15-12-. The molecule has 3 aliphatic rings. The van der Waals surface area contributed by atoms with E-state index in [1.807, 2.05) is 6.07 Å². The minimum Gasteiger partial charge on any atom is -0.441 e. The van der Waals surface area contributed by atoms with Crippen LogP contribution in [-0.4, -0.2) is 72.8 Å². The summed E-state index contributed by atoms with van der Waals surface area (Å²) in [7, 11) is 0. The van der Waals surface area contributed by atoms with Crippen molar-refractivity contribution in [2.45, 2.75) is 19.3 Å². The number of nitrogens with zero attached hydrogens (tertiary/aromatic N) is 3. The third-order valence-corrected chi connectivity index (χ3v) is 5.99. The van der Waals surface area contributed by atoms with Gasteiger partial charge in [-0.05, 0) is 37.1 Å². The average molecular weight is 405 g/mol. The number of carbonyl (C=O) groups is 3. The molecule has 3 saturated heterocycles. The smallest absolute Gasteiger partial charge is 0.294 e. The first-order valence-electron chi connectivity index (χ1n) is 9.57. The van der Waals surface area contributed by atoms with Gasteiger partial charge in [-0.3, -0.25) is 19.3 Å². The number of piperidine rings is 1. The van der Waals surface area contributed by atoms with Gasteiger partial charge in [-0.2, -0.15) is 0 Å². The minimum absolute atomic E-state index is 0.237. The number of hydrogen-bond acceptors (Lipinski definition) is 7. The average Bonchev–Trinajstić information content (AvgIpc) is 3.30. The highest BCUT2D eigenvalue weighted by molar-refractivity contribution is 8.18. The predicted octanol–water partition coefficient (Wildman–Crippen LogP) is 2.17. The van der Waals surface area contributed by atoms with E-state index in [1.54, 1.807) is 17.0 Å². The van der Waals surface area contributed by atoms with Crippen LogP contribution in [0, 0.1) is 0 Å². The van der Waals surface area contributed by atoms with E-state index >= 15 is 0 Å². The molecule has 0 radical (unpaired) electrons. The summed E-state index contributed by atoms with van der Waals surface area (Å²) >= 11 is 0.840. The van der Waals surface area contributed by atoms with Crippen molar-refractivity contribution in [1.82, 2.24) is 9.80 Å². The normalized spacial score (nSPS) is 22.4. The van der Waals surface area contributed by atoms with Crippen LogP contribution < -0.4 is 4.90 Å². The molecule has 8 nitrogen and oxygen atoms in total. The van der Waals surface area contributed by atoms with Crippen molar-refractivity contribution in [2.24, 2.45) is 0 Å². The summed E-state index contributed by atoms with van der Waals surface area (Å²) in [6.45, 7) is 3.61. The lowest BCUT2D eigenvalue weighted by Crippen LogP contribution is -2.46. The van der Waals surface area contributed by atoms with E-state index in [1.165, 1.54) is 6.42 Å². The third-order valence-electron chi connectivity index (χ3n) is 5.08. The molecule has 0 bridgehead atoms. The van der Waals surface area contributed by atoms with Crippen LogP contribution in [0.5, 0.6) is 0 Å². The molecule has 4 heterocycles. The van der Waals surface area contributed by atoms with Crippen molar-refractivity contribution < 1.29 is 23.5 Å². The molecule has 4 rings (SSSR count). The molecule has 28 heavy (non-hydrogen) atoms. The molecule has 0 spiro atoms. The molecule has 1 aromatic rings. The molecular weight excluding hydrogens is 382 g/mol. The monoisotopic (exact) mass is 405 g/mol. The molecule has 9 heteroatoms. The number of carbonyl (C=O) groups excluding carboxylic acids is 3. The van der Waals surface area contributed by atoms with E-state index in [0.717, 1.165) is 48.5 Å². The first-order valence-corrected chi connectivity index (χ1v) is 10.4. The lowest BCUT2D eigenvalue weighted by molar-refractivity contribution is -0.139. The summed E-state index contributed by atoms with van der Waals surface area (Å²) in [5.74, 6) is 0.628. The fraction of sp³-hybridized carbons (Fsp3) is 0.526. The highest BCUT2D eigenvalue weighted by atomic mass is 32.2. The summed E-state index contributed by atoms with van der Waals surface area (Å²) in [5, 5.41) is -0.430. The van der Waals surface area contributed by atoms with E-state index in [2.05, 4.69) is 4.90 Å². The zero-order valence-corrected chi connectivity index (χ0v) is 16.4. The Morgan fingerprint density at radius 2 is 1.82 bits per heavy atom. The Labute approximate surface area is 167 Å². The fourth-order valence-corrected chi connectivity index (χ4v) is 4.34. The van der Waals surface area contributed by atoms with E-state index in [9.17, 15) is 14.4 Å². The second kappa shape index (κ2) is 8.40. The Morgan fingerprint density at radius 3 is 2.57 bits per heavy atom. The van der Waals surface area contributed by atoms with Gasteiger partial charge in [0.1, 0.15) is 12.3 Å². The summed E-state index contributed by atoms with van der Waals surface area (Å²) in [5.41, 5.74) is 0. The Morgan fingerprint density at radius 1 is 1.07 bits per heavy atom. The maximum Gasteiger partial charge on any atom is 0.294 e. The predicted molar refractivity (Wildman–Crippen MR) is 105 cm³/mol. The number of furan rings is 1. The van der Waals surface area contributed by atoms with Crippen LogP contribution in [0.2, 0.25) is 0 Å². The fourth-order valence-electron chi connectivity index (χ4n) is 3.52. The molecule has 0 atom stereocenters. The third kappa shape index (κ3) is 4.10. The molecular formula is C19H23N3O5S. The van der Waals surface area contributed by atoms with Gasteiger partial charge in [0.15, 0.2) is 5.88 Å². The Kier molecular flexibility index (Phi) is 5.72. The van der Waals surface area contributed by atoms with Crippen molar-refractivity contribution >= 4 is 40.8 Å². The van der Waals surface area contributed by atoms with Crippen molar-refractivity contribution in [1.29, 1.82) is 0 Å². The second-order valence-corrected chi connectivity index (χ2v) is 7.98. The Bertz CT molecular complexity index is 793. The quantitative estimate of drug-likeness (QED) is 0.710. The maximum atomic E-state index is 12.6. The van der Waals surface area contributed by atoms with Gasteiger partial charge >= 0.3 is 0 Å². The van der Waals surface area contributed by atoms with Crippen molar-refractivity contribution in [3.63, 3.8) is 0 Å². The van der Waals surface area contributed by atoms with Crippen LogP contribution in [-0.2, 0) is 14.3 Å². The summed E-state index contributed by atoms with van der Waals surface area (Å²) in [4.78, 5) is 42.3. The first kappa shape index (κ1) is 19.1. The van der Waals surface area contributed by atoms with Gasteiger partial charge in [0.2, 0.25) is 5.91 Å². The van der Waals surface area contributed by atoms with Crippen LogP contribution >= 0.6 is 11.8 Å². The summed E-state index contributed by atoms with van der Waals surface area (Å²) in [6, 6.07) is 3.69. The number of amides is 3. The van der Waals surface area contributed by atoms with Gasteiger partial charge in [0.05, 0.1) is 18.1 Å². The van der Waals surface area contributed by atoms with E-state index < -0.39 is 11.1 Å². The molecule has 150 valence electrons. The maximum absolute atomic E-state index is 12.6. The number of morpholine rings is 1. The lowest BCUT2D eigenvalue weighted by Gasteiger charge is -2.28. The Hall–Kier alpha value is -2.26. The van der Waals surface area contributed by atoms with Crippen molar-refractivity contribution in [2.75, 3.05) is 50.8 Å². The van der Waals surface area contributed by atoms with Gasteiger partial charge in [-0.1, -0.05) is 0 Å². The molecule has 3 fully saturated rings. The SMILES string of the molecule is O=C(CN1C(=O)S/C(=C\c2ccc(N3CCCCC3)o2)C1=O)N1CCOCC1. The number of thioether (sulfide) groups is 1. The summed E-state index contributed by atoms with van der Waals surface area (Å²) < 4.78 is 11.1. The van der Waals surface area contributed by atoms with E-state index in [-0.39, 0.29) is 17.4 Å². The number of rotatable bonds is 4. The van der Waals surface area contributed by atoms with E-state index in [0.29, 0.717) is 32.1 Å². The summed E-state index contributed by atoms with van der Waals surface area (Å²) in [6.07, 6.45) is 5.11. The lowest BCUT2D eigenvalue weighted by atomic mass is 10.1. The van der Waals surface area contributed by atoms with Gasteiger partial charge in [-0.15, -0.1) is 0 Å². The largest absolute Gasteiger partial charge is 0.441 e. The molecule has 0 aliphatic carbocycles. The minimum atomic E-state index is -0.451. The van der Waals surface area contributed by atoms with Crippen LogP contribution in [0.15, 0.2) is 21.5 Å². The Balaban J connectivity index is 1.41. The van der Waals surface area contributed by atoms with Crippen molar-refractivity contribution in [3.8, 4) is 0 Å². The molecule has 0 saturated carbocycles. The number of ether oxygens (including phenoxy) is 1. The molecule has 3 aliphatic heterocycles. The zero-order valence-electron chi connectivity index (χ0n) is 15.6. The van der Waals surface area contributed by atoms with Crippen LogP contribution in [0.4, 0.5) is 10.7 Å². The number of imide groups is 1. The van der Waals surface area contributed by atoms with Gasteiger partial charge < -0.3 is 19.0 Å². The molecule has 3 amide bonds. The van der Waals surface area contributed by atoms with Crippen LogP contribution in [0.1, 0.15) is 25.0 Å².